The molecule has 1 fully saturated rings. The van der Waals surface area contributed by atoms with Gasteiger partial charge in [0.1, 0.15) is 6.54 Å². The number of nitrogens with one attached hydrogen (secondary N) is 1. The van der Waals surface area contributed by atoms with E-state index in [1.54, 1.807) is 7.05 Å². The predicted molar refractivity (Wildman–Crippen MR) is 105 cm³/mol. The molecule has 0 spiro atoms. The lowest BCUT2D eigenvalue weighted by Gasteiger charge is -2.30. The molecule has 1 amide bonds. The predicted octanol–water partition coefficient (Wildman–Crippen LogP) is -0.121. The molecular weight excluding hydrogens is 372 g/mol. The number of aryl methyl sites for hydroxylation is 1. The molecule has 9 nitrogen and oxygen atoms in total. The summed E-state index contributed by atoms with van der Waals surface area (Å²) in [4.78, 5) is 41.1. The third-order valence-corrected chi connectivity index (χ3v) is 5.35. The average Bonchev–Trinajstić information content (AvgIpc) is 3.07. The molecule has 0 bridgehead atoms. The number of imidazole rings is 1. The van der Waals surface area contributed by atoms with Crippen LogP contribution in [0.5, 0.6) is 0 Å². The molecule has 1 unspecified atom stereocenters. The van der Waals surface area contributed by atoms with Crippen molar-refractivity contribution in [1.29, 1.82) is 0 Å². The van der Waals surface area contributed by atoms with Crippen molar-refractivity contribution in [2.45, 2.75) is 44.7 Å². The van der Waals surface area contributed by atoms with Gasteiger partial charge in [-0.05, 0) is 18.8 Å². The van der Waals surface area contributed by atoms with Gasteiger partial charge in [0.05, 0.1) is 6.33 Å². The van der Waals surface area contributed by atoms with Gasteiger partial charge in [-0.25, -0.2) is 9.78 Å². The summed E-state index contributed by atoms with van der Waals surface area (Å²) in [6.45, 7) is 0.366. The van der Waals surface area contributed by atoms with Crippen LogP contribution in [-0.4, -0.2) is 37.2 Å². The highest BCUT2D eigenvalue weighted by Crippen LogP contribution is 2.26. The molecular formula is C17H27ClN6O3. The van der Waals surface area contributed by atoms with Crippen LogP contribution < -0.4 is 22.3 Å². The van der Waals surface area contributed by atoms with Gasteiger partial charge in [-0.1, -0.05) is 19.3 Å². The van der Waals surface area contributed by atoms with E-state index < -0.39 is 11.2 Å². The summed E-state index contributed by atoms with van der Waals surface area (Å²) < 4.78 is 3.81. The van der Waals surface area contributed by atoms with Crippen molar-refractivity contribution in [2.24, 2.45) is 25.7 Å². The topological polar surface area (TPSA) is 117 Å². The first-order valence-corrected chi connectivity index (χ1v) is 9.04. The number of aromatic nitrogens is 4. The lowest BCUT2D eigenvalue weighted by atomic mass is 9.84. The maximum Gasteiger partial charge on any atom is 0.332 e. The van der Waals surface area contributed by atoms with E-state index in [9.17, 15) is 14.4 Å². The van der Waals surface area contributed by atoms with E-state index in [-0.39, 0.29) is 42.1 Å². The molecule has 0 saturated heterocycles. The Bertz CT molecular complexity index is 925. The van der Waals surface area contributed by atoms with Crippen LogP contribution in [0.25, 0.3) is 11.2 Å². The monoisotopic (exact) mass is 398 g/mol. The van der Waals surface area contributed by atoms with Crippen molar-refractivity contribution in [3.05, 3.63) is 27.2 Å². The van der Waals surface area contributed by atoms with Crippen LogP contribution in [0.15, 0.2) is 15.9 Å². The first kappa shape index (κ1) is 21.2. The molecule has 1 aliphatic carbocycles. The Morgan fingerprint density at radius 1 is 1.26 bits per heavy atom. The quantitative estimate of drug-likeness (QED) is 0.728. The molecule has 0 radical (unpaired) electrons. The maximum absolute atomic E-state index is 12.5. The highest BCUT2D eigenvalue weighted by Gasteiger charge is 2.24. The van der Waals surface area contributed by atoms with E-state index in [4.69, 9.17) is 5.73 Å². The number of carbonyl (C=O) groups excluding carboxylic acids is 1. The summed E-state index contributed by atoms with van der Waals surface area (Å²) in [6.07, 6.45) is 7.17. The Hall–Kier alpha value is -2.13. The number of hydrogen-bond acceptors (Lipinski definition) is 5. The average molecular weight is 399 g/mol. The molecule has 3 N–H and O–H groups in total. The number of hydrogen-bond donors (Lipinski definition) is 2. The zero-order valence-electron chi connectivity index (χ0n) is 15.7. The van der Waals surface area contributed by atoms with E-state index in [0.717, 1.165) is 17.4 Å². The van der Waals surface area contributed by atoms with E-state index in [2.05, 4.69) is 10.3 Å². The standard InChI is InChI=1S/C17H26N6O3.ClH/c1-21-15-14(16(25)22(2)17(21)26)23(10-19-15)9-13(24)20-12(8-18)11-6-4-3-5-7-11;/h10-12H,3-9,18H2,1-2H3,(H,20,24);1H. The summed E-state index contributed by atoms with van der Waals surface area (Å²) in [5.74, 6) is 0.201. The van der Waals surface area contributed by atoms with E-state index in [1.807, 2.05) is 0 Å². The minimum atomic E-state index is -0.462. The Balaban J connectivity index is 0.00000261. The summed E-state index contributed by atoms with van der Waals surface area (Å²) in [5, 5.41) is 3.01. The second kappa shape index (κ2) is 8.71. The van der Waals surface area contributed by atoms with Crippen LogP contribution in [0.4, 0.5) is 0 Å². The fourth-order valence-corrected chi connectivity index (χ4v) is 3.83. The first-order chi connectivity index (χ1) is 12.4. The summed E-state index contributed by atoms with van der Waals surface area (Å²) in [6, 6.07) is -0.0511. The van der Waals surface area contributed by atoms with Crippen molar-refractivity contribution in [3.63, 3.8) is 0 Å². The van der Waals surface area contributed by atoms with E-state index >= 15 is 0 Å². The van der Waals surface area contributed by atoms with E-state index in [1.165, 1.54) is 41.8 Å². The normalized spacial score (nSPS) is 16.1. The molecule has 2 aromatic rings. The molecule has 0 aliphatic heterocycles. The van der Waals surface area contributed by atoms with Crippen LogP contribution >= 0.6 is 12.4 Å². The molecule has 150 valence electrons. The van der Waals surface area contributed by atoms with Gasteiger partial charge in [-0.15, -0.1) is 12.4 Å². The van der Waals surface area contributed by atoms with Crippen molar-refractivity contribution in [2.75, 3.05) is 6.54 Å². The molecule has 2 aromatic heterocycles. The number of rotatable bonds is 5. The van der Waals surface area contributed by atoms with Gasteiger partial charge in [0.2, 0.25) is 5.91 Å². The summed E-state index contributed by atoms with van der Waals surface area (Å²) >= 11 is 0. The zero-order chi connectivity index (χ0) is 18.8. The van der Waals surface area contributed by atoms with Crippen LogP contribution in [-0.2, 0) is 25.4 Å². The highest BCUT2D eigenvalue weighted by molar-refractivity contribution is 5.85. The third kappa shape index (κ3) is 4.08. The molecule has 2 heterocycles. The smallest absolute Gasteiger partial charge is 0.332 e. The van der Waals surface area contributed by atoms with Crippen LogP contribution in [0, 0.1) is 5.92 Å². The van der Waals surface area contributed by atoms with Gasteiger partial charge in [-0.3, -0.25) is 18.7 Å². The first-order valence-electron chi connectivity index (χ1n) is 9.04. The summed E-state index contributed by atoms with van der Waals surface area (Å²) in [7, 11) is 2.96. The van der Waals surface area contributed by atoms with Crippen molar-refractivity contribution in [3.8, 4) is 0 Å². The highest BCUT2D eigenvalue weighted by atomic mass is 35.5. The second-order valence-corrected chi connectivity index (χ2v) is 7.06. The van der Waals surface area contributed by atoms with Crippen molar-refractivity contribution < 1.29 is 4.79 Å². The Kier molecular flexibility index (Phi) is 6.83. The number of nitrogens with zero attached hydrogens (tertiary/aromatic N) is 4. The third-order valence-electron chi connectivity index (χ3n) is 5.35. The van der Waals surface area contributed by atoms with Crippen molar-refractivity contribution in [1.82, 2.24) is 24.0 Å². The lowest BCUT2D eigenvalue weighted by molar-refractivity contribution is -0.122. The van der Waals surface area contributed by atoms with E-state index in [0.29, 0.717) is 12.5 Å². The number of carbonyl (C=O) groups is 1. The minimum absolute atomic E-state index is 0. The minimum Gasteiger partial charge on any atom is -0.350 e. The molecule has 1 saturated carbocycles. The fourth-order valence-electron chi connectivity index (χ4n) is 3.83. The Morgan fingerprint density at radius 3 is 2.56 bits per heavy atom. The van der Waals surface area contributed by atoms with Crippen molar-refractivity contribution >= 4 is 29.5 Å². The van der Waals surface area contributed by atoms with Gasteiger partial charge < -0.3 is 15.6 Å². The van der Waals surface area contributed by atoms with Gasteiger partial charge in [0.25, 0.3) is 5.56 Å². The van der Waals surface area contributed by atoms with Gasteiger partial charge >= 0.3 is 5.69 Å². The zero-order valence-corrected chi connectivity index (χ0v) is 16.5. The maximum atomic E-state index is 12.5. The summed E-state index contributed by atoms with van der Waals surface area (Å²) in [5.41, 5.74) is 5.48. The number of amides is 1. The second-order valence-electron chi connectivity index (χ2n) is 7.06. The van der Waals surface area contributed by atoms with Gasteiger partial charge in [-0.2, -0.15) is 0 Å². The van der Waals surface area contributed by atoms with Gasteiger partial charge in [0, 0.05) is 26.7 Å². The Labute approximate surface area is 163 Å². The van der Waals surface area contributed by atoms with Crippen LogP contribution in [0.1, 0.15) is 32.1 Å². The molecule has 10 heteroatoms. The molecule has 0 aromatic carbocycles. The van der Waals surface area contributed by atoms with Crippen LogP contribution in [0.2, 0.25) is 0 Å². The largest absolute Gasteiger partial charge is 0.350 e. The fraction of sp³-hybridized carbons (Fsp3) is 0.647. The number of fused-ring (bicyclic) bond motifs is 1. The Morgan fingerprint density at radius 2 is 1.93 bits per heavy atom. The van der Waals surface area contributed by atoms with Crippen LogP contribution in [0.3, 0.4) is 0 Å². The number of nitrogens with two attached hydrogens (primary N) is 1. The number of halogens is 1. The molecule has 3 rings (SSSR count). The lowest BCUT2D eigenvalue weighted by Crippen LogP contribution is -2.47. The van der Waals surface area contributed by atoms with Gasteiger partial charge in [0.15, 0.2) is 11.2 Å². The molecule has 1 aliphatic rings. The SMILES string of the molecule is Cl.Cn1c(=O)c2c(ncn2CC(=O)NC(CN)C2CCCCC2)n(C)c1=O. The molecule has 1 atom stereocenters. The molecule has 27 heavy (non-hydrogen) atoms.